The molecule has 26 heavy (non-hydrogen) atoms. The summed E-state index contributed by atoms with van der Waals surface area (Å²) in [4.78, 5) is 11.9. The van der Waals surface area contributed by atoms with Crippen LogP contribution in [0.15, 0.2) is 46.2 Å². The van der Waals surface area contributed by atoms with Crippen molar-refractivity contribution < 1.29 is 21.6 Å². The van der Waals surface area contributed by atoms with Crippen LogP contribution in [0.5, 0.6) is 0 Å². The lowest BCUT2D eigenvalue weighted by Gasteiger charge is -2.13. The van der Waals surface area contributed by atoms with E-state index in [9.17, 15) is 21.6 Å². The zero-order valence-electron chi connectivity index (χ0n) is 14.8. The maximum atomic E-state index is 12.4. The van der Waals surface area contributed by atoms with Crippen molar-refractivity contribution in [1.82, 2.24) is 9.44 Å². The van der Waals surface area contributed by atoms with Gasteiger partial charge in [-0.05, 0) is 62.1 Å². The summed E-state index contributed by atoms with van der Waals surface area (Å²) in [7, 11) is -8.42. The van der Waals surface area contributed by atoms with Gasteiger partial charge in [0.05, 0.1) is 9.79 Å². The minimum absolute atomic E-state index is 0.0863. The van der Waals surface area contributed by atoms with E-state index in [2.05, 4.69) is 0 Å². The standard InChI is InChI=1S/C17H20N2O5S2/c1-11-5-7-13(3)15(9-11)25(21,22)18-17(20)19-26(23,24)16-10-12(2)6-8-14(16)4/h5-10H,1-4H3,(H2,18,19,20). The number of carbonyl (C=O) groups excluding carboxylic acids is 1. The second-order valence-corrected chi connectivity index (χ2v) is 9.38. The van der Waals surface area contributed by atoms with Crippen molar-refractivity contribution in [2.75, 3.05) is 0 Å². The summed E-state index contributed by atoms with van der Waals surface area (Å²) in [6.07, 6.45) is 0. The third-order valence-corrected chi connectivity index (χ3v) is 6.67. The molecule has 0 aliphatic heterocycles. The Morgan fingerprint density at radius 1 is 0.692 bits per heavy atom. The van der Waals surface area contributed by atoms with Crippen molar-refractivity contribution in [3.63, 3.8) is 0 Å². The molecule has 0 aromatic heterocycles. The SMILES string of the molecule is Cc1ccc(C)c(S(=O)(=O)NC(=O)NS(=O)(=O)c2cc(C)ccc2C)c1. The van der Waals surface area contributed by atoms with Crippen molar-refractivity contribution in [3.05, 3.63) is 58.7 Å². The Hall–Kier alpha value is -2.39. The van der Waals surface area contributed by atoms with Gasteiger partial charge in [0.15, 0.2) is 0 Å². The quantitative estimate of drug-likeness (QED) is 0.824. The summed E-state index contributed by atoms with van der Waals surface area (Å²) < 4.78 is 53.1. The Balaban J connectivity index is 2.27. The molecule has 0 radical (unpaired) electrons. The molecule has 0 atom stereocenters. The van der Waals surface area contributed by atoms with Crippen LogP contribution < -0.4 is 9.44 Å². The summed E-state index contributed by atoms with van der Waals surface area (Å²) in [6.45, 7) is 6.59. The molecule has 140 valence electrons. The zero-order chi connectivity index (χ0) is 19.7. The summed E-state index contributed by atoms with van der Waals surface area (Å²) in [6, 6.07) is 8.16. The molecule has 0 unspecified atom stereocenters. The van der Waals surface area contributed by atoms with Crippen LogP contribution in [0.1, 0.15) is 22.3 Å². The number of carbonyl (C=O) groups is 1. The van der Waals surface area contributed by atoms with Gasteiger partial charge in [-0.15, -0.1) is 0 Å². The summed E-state index contributed by atoms with van der Waals surface area (Å²) in [5.41, 5.74) is 2.26. The number of amides is 2. The lowest BCUT2D eigenvalue weighted by atomic mass is 10.2. The third kappa shape index (κ3) is 4.41. The maximum absolute atomic E-state index is 12.4. The summed E-state index contributed by atoms with van der Waals surface area (Å²) >= 11 is 0. The molecule has 2 rings (SSSR count). The molecular weight excluding hydrogens is 376 g/mol. The van der Waals surface area contributed by atoms with Gasteiger partial charge in [-0.3, -0.25) is 0 Å². The average Bonchev–Trinajstić information content (AvgIpc) is 2.50. The highest BCUT2D eigenvalue weighted by Gasteiger charge is 2.25. The highest BCUT2D eigenvalue weighted by molar-refractivity contribution is 7.91. The minimum Gasteiger partial charge on any atom is -0.247 e. The Morgan fingerprint density at radius 3 is 1.38 bits per heavy atom. The number of rotatable bonds is 4. The molecule has 2 aromatic rings. The lowest BCUT2D eigenvalue weighted by molar-refractivity contribution is 0.250. The molecule has 0 saturated carbocycles. The molecule has 0 spiro atoms. The van der Waals surface area contributed by atoms with E-state index in [1.165, 1.54) is 12.1 Å². The largest absolute Gasteiger partial charge is 0.342 e. The van der Waals surface area contributed by atoms with Gasteiger partial charge in [-0.25, -0.2) is 31.1 Å². The van der Waals surface area contributed by atoms with Crippen molar-refractivity contribution in [2.45, 2.75) is 37.5 Å². The van der Waals surface area contributed by atoms with Gasteiger partial charge in [-0.2, -0.15) is 0 Å². The van der Waals surface area contributed by atoms with Gasteiger partial charge >= 0.3 is 6.03 Å². The second-order valence-electron chi connectivity index (χ2n) is 6.08. The fraction of sp³-hybridized carbons (Fsp3) is 0.235. The van der Waals surface area contributed by atoms with Crippen LogP contribution in [0.4, 0.5) is 4.79 Å². The topological polar surface area (TPSA) is 109 Å². The van der Waals surface area contributed by atoms with E-state index in [-0.39, 0.29) is 9.79 Å². The number of urea groups is 1. The monoisotopic (exact) mass is 396 g/mol. The number of aryl methyl sites for hydroxylation is 4. The summed E-state index contributed by atoms with van der Waals surface area (Å²) in [5, 5.41) is 0. The van der Waals surface area contributed by atoms with Crippen LogP contribution >= 0.6 is 0 Å². The van der Waals surface area contributed by atoms with E-state index in [0.29, 0.717) is 22.3 Å². The lowest BCUT2D eigenvalue weighted by Crippen LogP contribution is -2.42. The van der Waals surface area contributed by atoms with E-state index in [1.807, 2.05) is 0 Å². The smallest absolute Gasteiger partial charge is 0.247 e. The van der Waals surface area contributed by atoms with E-state index in [0.717, 1.165) is 0 Å². The fourth-order valence-electron chi connectivity index (χ4n) is 2.37. The molecular formula is C17H20N2O5S2. The number of hydrogen-bond donors (Lipinski definition) is 2. The fourth-order valence-corrected chi connectivity index (χ4v) is 4.91. The van der Waals surface area contributed by atoms with Crippen LogP contribution in [-0.2, 0) is 20.0 Å². The predicted octanol–water partition coefficient (Wildman–Crippen LogP) is 2.30. The first-order chi connectivity index (χ1) is 11.9. The molecule has 0 aliphatic carbocycles. The second kappa shape index (κ2) is 7.08. The average molecular weight is 396 g/mol. The van der Waals surface area contributed by atoms with Gasteiger partial charge < -0.3 is 0 Å². The molecule has 2 amide bonds. The van der Waals surface area contributed by atoms with Gasteiger partial charge in [0.1, 0.15) is 0 Å². The Bertz CT molecular complexity index is 989. The first-order valence-corrected chi connectivity index (χ1v) is 10.6. The molecule has 0 heterocycles. The molecule has 0 bridgehead atoms. The van der Waals surface area contributed by atoms with Crippen LogP contribution in [0.2, 0.25) is 0 Å². The van der Waals surface area contributed by atoms with Crippen LogP contribution in [-0.4, -0.2) is 22.9 Å². The Morgan fingerprint density at radius 2 is 1.04 bits per heavy atom. The van der Waals surface area contributed by atoms with Crippen molar-refractivity contribution >= 4 is 26.1 Å². The van der Waals surface area contributed by atoms with Gasteiger partial charge in [-0.1, -0.05) is 24.3 Å². The third-order valence-electron chi connectivity index (χ3n) is 3.72. The van der Waals surface area contributed by atoms with Crippen LogP contribution in [0.25, 0.3) is 0 Å². The van der Waals surface area contributed by atoms with Gasteiger partial charge in [0, 0.05) is 0 Å². The highest BCUT2D eigenvalue weighted by atomic mass is 32.2. The molecule has 0 aliphatic rings. The predicted molar refractivity (Wildman–Crippen MR) is 97.9 cm³/mol. The highest BCUT2D eigenvalue weighted by Crippen LogP contribution is 2.18. The van der Waals surface area contributed by atoms with Crippen molar-refractivity contribution in [2.24, 2.45) is 0 Å². The molecule has 7 nitrogen and oxygen atoms in total. The zero-order valence-corrected chi connectivity index (χ0v) is 16.5. The van der Waals surface area contributed by atoms with E-state index in [4.69, 9.17) is 0 Å². The summed E-state index contributed by atoms with van der Waals surface area (Å²) in [5.74, 6) is 0. The number of hydrogen-bond acceptors (Lipinski definition) is 5. The first kappa shape index (κ1) is 19.9. The van der Waals surface area contributed by atoms with Gasteiger partial charge in [0.25, 0.3) is 20.0 Å². The molecule has 2 N–H and O–H groups in total. The number of sulfonamides is 2. The van der Waals surface area contributed by atoms with E-state index in [1.54, 1.807) is 61.4 Å². The first-order valence-electron chi connectivity index (χ1n) is 7.66. The van der Waals surface area contributed by atoms with E-state index >= 15 is 0 Å². The van der Waals surface area contributed by atoms with Crippen molar-refractivity contribution in [1.29, 1.82) is 0 Å². The molecule has 9 heteroatoms. The van der Waals surface area contributed by atoms with Crippen molar-refractivity contribution in [3.8, 4) is 0 Å². The van der Waals surface area contributed by atoms with E-state index < -0.39 is 26.1 Å². The molecule has 2 aromatic carbocycles. The Kier molecular flexibility index (Phi) is 5.43. The van der Waals surface area contributed by atoms with Gasteiger partial charge in [0.2, 0.25) is 0 Å². The normalized spacial score (nSPS) is 11.8. The Labute approximate surface area is 153 Å². The number of benzene rings is 2. The number of nitrogens with one attached hydrogen (secondary N) is 2. The van der Waals surface area contributed by atoms with Crippen LogP contribution in [0.3, 0.4) is 0 Å². The minimum atomic E-state index is -4.21. The van der Waals surface area contributed by atoms with Crippen LogP contribution in [0, 0.1) is 27.7 Å². The molecule has 0 fully saturated rings. The maximum Gasteiger partial charge on any atom is 0.342 e. The molecule has 0 saturated heterocycles.